The lowest BCUT2D eigenvalue weighted by atomic mass is 10.0. The zero-order chi connectivity index (χ0) is 14.5. The summed E-state index contributed by atoms with van der Waals surface area (Å²) >= 11 is 0. The summed E-state index contributed by atoms with van der Waals surface area (Å²) in [4.78, 5) is 16.2. The van der Waals surface area contributed by atoms with Crippen LogP contribution in [0.15, 0.2) is 48.8 Å². The summed E-state index contributed by atoms with van der Waals surface area (Å²) in [6, 6.07) is 10.7. The van der Waals surface area contributed by atoms with Crippen molar-refractivity contribution in [1.29, 1.82) is 0 Å². The second-order valence-corrected chi connectivity index (χ2v) is 4.90. The topological polar surface area (TPSA) is 68.0 Å². The number of carbonyl (C=O) groups is 1. The Bertz CT molecular complexity index is 576. The monoisotopic (exact) mass is 341 g/mol. The zero-order valence-corrected chi connectivity index (χ0v) is 14.2. The van der Waals surface area contributed by atoms with E-state index in [2.05, 4.69) is 10.3 Å². The van der Waals surface area contributed by atoms with Crippen LogP contribution in [-0.4, -0.2) is 10.9 Å². The zero-order valence-electron chi connectivity index (χ0n) is 12.5. The third-order valence-corrected chi connectivity index (χ3v) is 3.26. The third kappa shape index (κ3) is 5.30. The van der Waals surface area contributed by atoms with Gasteiger partial charge in [0.2, 0.25) is 5.91 Å². The van der Waals surface area contributed by atoms with Crippen molar-refractivity contribution in [2.75, 3.05) is 0 Å². The van der Waals surface area contributed by atoms with E-state index in [0.717, 1.165) is 16.7 Å². The highest BCUT2D eigenvalue weighted by atomic mass is 35.5. The number of nitrogens with zero attached hydrogens (tertiary/aromatic N) is 1. The van der Waals surface area contributed by atoms with Crippen LogP contribution in [0.4, 0.5) is 0 Å². The number of aromatic nitrogens is 1. The van der Waals surface area contributed by atoms with Crippen LogP contribution in [0.5, 0.6) is 0 Å². The van der Waals surface area contributed by atoms with Crippen LogP contribution >= 0.6 is 24.8 Å². The largest absolute Gasteiger partial charge is 0.348 e. The standard InChI is InChI=1S/C16H19N3O.2ClH/c1-11-5-7-13(8-6-11)15(17)16(20)19-12(2)14-4-3-9-18-10-14;;/h3-10,12,15H,17H2,1-2H3,(H,19,20);2*1H/t12-,15?;;/m0../s1. The fourth-order valence-electron chi connectivity index (χ4n) is 1.94. The van der Waals surface area contributed by atoms with Crippen molar-refractivity contribution in [3.63, 3.8) is 0 Å². The predicted octanol–water partition coefficient (Wildman–Crippen LogP) is 3.11. The SMILES string of the molecule is Cc1ccc(C(N)C(=O)N[C@@H](C)c2cccnc2)cc1.Cl.Cl. The smallest absolute Gasteiger partial charge is 0.241 e. The Morgan fingerprint density at radius 2 is 1.77 bits per heavy atom. The van der Waals surface area contributed by atoms with E-state index < -0.39 is 6.04 Å². The summed E-state index contributed by atoms with van der Waals surface area (Å²) in [5, 5.41) is 2.91. The minimum Gasteiger partial charge on any atom is -0.348 e. The Balaban J connectivity index is 0.00000220. The van der Waals surface area contributed by atoms with Gasteiger partial charge in [0, 0.05) is 12.4 Å². The van der Waals surface area contributed by atoms with Crippen LogP contribution < -0.4 is 11.1 Å². The second kappa shape index (κ2) is 9.41. The van der Waals surface area contributed by atoms with Gasteiger partial charge in [0.1, 0.15) is 6.04 Å². The van der Waals surface area contributed by atoms with Gasteiger partial charge >= 0.3 is 0 Å². The van der Waals surface area contributed by atoms with E-state index >= 15 is 0 Å². The Morgan fingerprint density at radius 1 is 1.14 bits per heavy atom. The van der Waals surface area contributed by atoms with E-state index in [0.29, 0.717) is 0 Å². The number of benzene rings is 1. The first-order valence-corrected chi connectivity index (χ1v) is 6.60. The van der Waals surface area contributed by atoms with Crippen molar-refractivity contribution in [2.45, 2.75) is 25.9 Å². The molecule has 1 heterocycles. The van der Waals surface area contributed by atoms with Crippen LogP contribution in [-0.2, 0) is 4.79 Å². The van der Waals surface area contributed by atoms with Gasteiger partial charge in [0.15, 0.2) is 0 Å². The van der Waals surface area contributed by atoms with E-state index in [-0.39, 0.29) is 36.8 Å². The van der Waals surface area contributed by atoms with Crippen LogP contribution in [0, 0.1) is 6.92 Å². The van der Waals surface area contributed by atoms with E-state index in [1.165, 1.54) is 0 Å². The van der Waals surface area contributed by atoms with Gasteiger partial charge in [-0.3, -0.25) is 9.78 Å². The Labute approximate surface area is 143 Å². The molecule has 1 unspecified atom stereocenters. The molecule has 2 aromatic rings. The molecule has 2 rings (SSSR count). The summed E-state index contributed by atoms with van der Waals surface area (Å²) < 4.78 is 0. The molecule has 1 amide bonds. The van der Waals surface area contributed by atoms with Crippen LogP contribution in [0.1, 0.15) is 35.7 Å². The van der Waals surface area contributed by atoms with E-state index in [9.17, 15) is 4.79 Å². The lowest BCUT2D eigenvalue weighted by Crippen LogP contribution is -2.35. The summed E-state index contributed by atoms with van der Waals surface area (Å²) in [6.45, 7) is 3.91. The fourth-order valence-corrected chi connectivity index (χ4v) is 1.94. The first-order valence-electron chi connectivity index (χ1n) is 6.60. The minimum atomic E-state index is -0.658. The number of pyridine rings is 1. The number of hydrogen-bond acceptors (Lipinski definition) is 3. The van der Waals surface area contributed by atoms with Crippen molar-refractivity contribution in [1.82, 2.24) is 10.3 Å². The van der Waals surface area contributed by atoms with Crippen molar-refractivity contribution in [3.05, 3.63) is 65.5 Å². The highest BCUT2D eigenvalue weighted by molar-refractivity contribution is 5.85. The Morgan fingerprint density at radius 3 is 2.32 bits per heavy atom. The molecule has 0 fully saturated rings. The molecule has 6 heteroatoms. The van der Waals surface area contributed by atoms with Gasteiger partial charge in [-0.15, -0.1) is 24.8 Å². The Kier molecular flexibility index (Phi) is 8.72. The van der Waals surface area contributed by atoms with Gasteiger partial charge in [-0.05, 0) is 31.0 Å². The number of hydrogen-bond donors (Lipinski definition) is 2. The molecule has 2 atom stereocenters. The molecule has 0 aliphatic rings. The first kappa shape index (κ1) is 20.4. The lowest BCUT2D eigenvalue weighted by Gasteiger charge is -2.18. The minimum absolute atomic E-state index is 0. The van der Waals surface area contributed by atoms with Crippen molar-refractivity contribution < 1.29 is 4.79 Å². The molecule has 1 aromatic carbocycles. The molecular weight excluding hydrogens is 321 g/mol. The molecule has 0 spiro atoms. The summed E-state index contributed by atoms with van der Waals surface area (Å²) in [6.07, 6.45) is 3.44. The molecule has 0 radical (unpaired) electrons. The van der Waals surface area contributed by atoms with Crippen LogP contribution in [0.3, 0.4) is 0 Å². The van der Waals surface area contributed by atoms with Crippen molar-refractivity contribution in [3.8, 4) is 0 Å². The number of rotatable bonds is 4. The van der Waals surface area contributed by atoms with Crippen molar-refractivity contribution >= 4 is 30.7 Å². The summed E-state index contributed by atoms with van der Waals surface area (Å²) in [5.74, 6) is -0.190. The van der Waals surface area contributed by atoms with E-state index in [1.54, 1.807) is 12.4 Å². The van der Waals surface area contributed by atoms with Gasteiger partial charge in [0.05, 0.1) is 6.04 Å². The highest BCUT2D eigenvalue weighted by Crippen LogP contribution is 2.15. The molecule has 0 saturated heterocycles. The lowest BCUT2D eigenvalue weighted by molar-refractivity contribution is -0.123. The second-order valence-electron chi connectivity index (χ2n) is 4.90. The summed E-state index contributed by atoms with van der Waals surface area (Å²) in [5.41, 5.74) is 8.90. The van der Waals surface area contributed by atoms with Gasteiger partial charge in [0.25, 0.3) is 0 Å². The molecule has 0 aliphatic carbocycles. The number of halogens is 2. The number of carbonyl (C=O) groups excluding carboxylic acids is 1. The number of amides is 1. The molecule has 0 aliphatic heterocycles. The fraction of sp³-hybridized carbons (Fsp3) is 0.250. The molecule has 0 bridgehead atoms. The predicted molar refractivity (Wildman–Crippen MR) is 93.4 cm³/mol. The maximum absolute atomic E-state index is 12.2. The van der Waals surface area contributed by atoms with Gasteiger partial charge in [-0.25, -0.2) is 0 Å². The number of nitrogens with two attached hydrogens (primary N) is 1. The average molecular weight is 342 g/mol. The number of aryl methyl sites for hydroxylation is 1. The van der Waals surface area contributed by atoms with Crippen LogP contribution in [0.25, 0.3) is 0 Å². The maximum atomic E-state index is 12.2. The van der Waals surface area contributed by atoms with Gasteiger partial charge in [-0.2, -0.15) is 0 Å². The Hall–Kier alpha value is -1.62. The van der Waals surface area contributed by atoms with E-state index in [1.807, 2.05) is 50.2 Å². The molecule has 0 saturated carbocycles. The highest BCUT2D eigenvalue weighted by Gasteiger charge is 2.18. The molecule has 1 aromatic heterocycles. The van der Waals surface area contributed by atoms with E-state index in [4.69, 9.17) is 5.73 Å². The summed E-state index contributed by atoms with van der Waals surface area (Å²) in [7, 11) is 0. The third-order valence-electron chi connectivity index (χ3n) is 3.26. The van der Waals surface area contributed by atoms with Crippen LogP contribution in [0.2, 0.25) is 0 Å². The average Bonchev–Trinajstić information content (AvgIpc) is 2.48. The molecule has 120 valence electrons. The normalized spacial score (nSPS) is 12.3. The molecule has 3 N–H and O–H groups in total. The molecule has 22 heavy (non-hydrogen) atoms. The number of nitrogens with one attached hydrogen (secondary N) is 1. The van der Waals surface area contributed by atoms with Gasteiger partial charge < -0.3 is 11.1 Å². The quantitative estimate of drug-likeness (QED) is 0.897. The molecule has 4 nitrogen and oxygen atoms in total. The van der Waals surface area contributed by atoms with Gasteiger partial charge in [-0.1, -0.05) is 35.9 Å². The first-order chi connectivity index (χ1) is 9.58. The maximum Gasteiger partial charge on any atom is 0.241 e. The molecular formula is C16H21Cl2N3O. The van der Waals surface area contributed by atoms with Crippen molar-refractivity contribution in [2.24, 2.45) is 5.73 Å².